The van der Waals surface area contributed by atoms with E-state index < -0.39 is 11.7 Å². The first-order valence-corrected chi connectivity index (χ1v) is 4.40. The van der Waals surface area contributed by atoms with E-state index in [2.05, 4.69) is 25.6 Å². The largest absolute Gasteiger partial charge is 0.416 e. The summed E-state index contributed by atoms with van der Waals surface area (Å²) in [6, 6.07) is 3.26. The first-order valence-electron chi connectivity index (χ1n) is 3.60. The van der Waals surface area contributed by atoms with Gasteiger partial charge in [0.05, 0.1) is 10.9 Å². The zero-order valence-corrected chi connectivity index (χ0v) is 8.19. The van der Waals surface area contributed by atoms with Crippen LogP contribution in [0.3, 0.4) is 0 Å². The van der Waals surface area contributed by atoms with E-state index in [0.29, 0.717) is 10.1 Å². The predicted molar refractivity (Wildman–Crippen MR) is 46.7 cm³/mol. The van der Waals surface area contributed by atoms with E-state index in [0.717, 1.165) is 12.1 Å². The Hall–Kier alpha value is -1.04. The second-order valence-electron chi connectivity index (χ2n) is 2.69. The zero-order chi connectivity index (χ0) is 10.3. The molecule has 0 radical (unpaired) electrons. The lowest BCUT2D eigenvalue weighted by molar-refractivity contribution is -0.137. The quantitative estimate of drug-likeness (QED) is 0.728. The van der Waals surface area contributed by atoms with Gasteiger partial charge in [-0.1, -0.05) is 5.16 Å². The van der Waals surface area contributed by atoms with Crippen molar-refractivity contribution in [3.8, 4) is 0 Å². The molecule has 0 bridgehead atoms. The molecule has 2 rings (SSSR count). The van der Waals surface area contributed by atoms with Crippen LogP contribution in [0.2, 0.25) is 0 Å². The molecular formula is C8H3BrF3NO. The Kier molecular flexibility index (Phi) is 2.02. The zero-order valence-electron chi connectivity index (χ0n) is 6.60. The molecule has 74 valence electrons. The summed E-state index contributed by atoms with van der Waals surface area (Å²) in [4.78, 5) is 0. The highest BCUT2D eigenvalue weighted by molar-refractivity contribution is 9.10. The summed E-state index contributed by atoms with van der Waals surface area (Å²) in [5.74, 6) is 0. The SMILES string of the molecule is FC(F)(F)c1ccc2c(Br)onc2c1. The topological polar surface area (TPSA) is 26.0 Å². The summed E-state index contributed by atoms with van der Waals surface area (Å²) in [6.45, 7) is 0. The maximum atomic E-state index is 12.3. The van der Waals surface area contributed by atoms with Crippen molar-refractivity contribution >= 4 is 26.8 Å². The van der Waals surface area contributed by atoms with Crippen molar-refractivity contribution < 1.29 is 17.7 Å². The number of nitrogens with zero attached hydrogens (tertiary/aromatic N) is 1. The van der Waals surface area contributed by atoms with Crippen molar-refractivity contribution in [3.63, 3.8) is 0 Å². The number of aromatic nitrogens is 1. The second-order valence-corrected chi connectivity index (χ2v) is 3.41. The molecule has 0 spiro atoms. The van der Waals surface area contributed by atoms with Crippen LogP contribution in [0.4, 0.5) is 13.2 Å². The van der Waals surface area contributed by atoms with E-state index in [-0.39, 0.29) is 5.52 Å². The molecule has 0 unspecified atom stereocenters. The van der Waals surface area contributed by atoms with Crippen LogP contribution in [0.15, 0.2) is 27.4 Å². The normalized spacial score (nSPS) is 12.3. The molecule has 0 amide bonds. The molecule has 1 aromatic heterocycles. The average molecular weight is 266 g/mol. The number of hydrogen-bond donors (Lipinski definition) is 0. The van der Waals surface area contributed by atoms with Crippen LogP contribution in [0.1, 0.15) is 5.56 Å². The van der Waals surface area contributed by atoms with Crippen LogP contribution >= 0.6 is 15.9 Å². The minimum absolute atomic E-state index is 0.187. The molecule has 6 heteroatoms. The van der Waals surface area contributed by atoms with Crippen molar-refractivity contribution in [2.24, 2.45) is 0 Å². The maximum absolute atomic E-state index is 12.3. The highest BCUT2D eigenvalue weighted by atomic mass is 79.9. The van der Waals surface area contributed by atoms with Crippen LogP contribution in [0.25, 0.3) is 10.9 Å². The third-order valence-corrected chi connectivity index (χ3v) is 2.33. The molecule has 0 N–H and O–H groups in total. The molecule has 0 aliphatic carbocycles. The minimum Gasteiger partial charge on any atom is -0.348 e. The van der Waals surface area contributed by atoms with E-state index >= 15 is 0 Å². The molecule has 0 aliphatic heterocycles. The second kappa shape index (κ2) is 2.98. The molecule has 2 aromatic rings. The number of rotatable bonds is 0. The van der Waals surface area contributed by atoms with Gasteiger partial charge in [0.25, 0.3) is 0 Å². The van der Waals surface area contributed by atoms with Crippen molar-refractivity contribution in [2.45, 2.75) is 6.18 Å². The van der Waals surface area contributed by atoms with Crippen molar-refractivity contribution in [3.05, 3.63) is 28.4 Å². The van der Waals surface area contributed by atoms with E-state index in [4.69, 9.17) is 0 Å². The van der Waals surface area contributed by atoms with Crippen LogP contribution in [0, 0.1) is 0 Å². The summed E-state index contributed by atoms with van der Waals surface area (Å²) in [5.41, 5.74) is -0.544. The lowest BCUT2D eigenvalue weighted by Gasteiger charge is -2.04. The molecule has 0 fully saturated rings. The van der Waals surface area contributed by atoms with Crippen LogP contribution in [0.5, 0.6) is 0 Å². The first kappa shape index (κ1) is 9.51. The van der Waals surface area contributed by atoms with E-state index in [1.165, 1.54) is 6.07 Å². The Morgan fingerprint density at radius 1 is 1.29 bits per heavy atom. The average Bonchev–Trinajstić information content (AvgIpc) is 2.46. The molecule has 2 nitrogen and oxygen atoms in total. The van der Waals surface area contributed by atoms with Crippen molar-refractivity contribution in [1.82, 2.24) is 5.16 Å². The molecule has 0 atom stereocenters. The Bertz CT molecular complexity index is 477. The van der Waals surface area contributed by atoms with Gasteiger partial charge in [-0.2, -0.15) is 13.2 Å². The highest BCUT2D eigenvalue weighted by Crippen LogP contribution is 2.32. The monoisotopic (exact) mass is 265 g/mol. The van der Waals surface area contributed by atoms with Gasteiger partial charge < -0.3 is 4.52 Å². The molecule has 0 saturated heterocycles. The van der Waals surface area contributed by atoms with Crippen molar-refractivity contribution in [2.75, 3.05) is 0 Å². The summed E-state index contributed by atoms with van der Waals surface area (Å²) in [7, 11) is 0. The molecule has 14 heavy (non-hydrogen) atoms. The third-order valence-electron chi connectivity index (χ3n) is 1.76. The maximum Gasteiger partial charge on any atom is 0.416 e. The van der Waals surface area contributed by atoms with Crippen LogP contribution < -0.4 is 0 Å². The van der Waals surface area contributed by atoms with Gasteiger partial charge in [0, 0.05) is 0 Å². The molecule has 0 saturated carbocycles. The van der Waals surface area contributed by atoms with E-state index in [1.807, 2.05) is 0 Å². The Labute approximate surface area is 84.8 Å². The number of fused-ring (bicyclic) bond motifs is 1. The third kappa shape index (κ3) is 1.50. The van der Waals surface area contributed by atoms with Gasteiger partial charge >= 0.3 is 6.18 Å². The Morgan fingerprint density at radius 2 is 2.00 bits per heavy atom. The van der Waals surface area contributed by atoms with Crippen LogP contribution in [-0.4, -0.2) is 5.16 Å². The fourth-order valence-electron chi connectivity index (χ4n) is 1.09. The van der Waals surface area contributed by atoms with E-state index in [1.54, 1.807) is 0 Å². The van der Waals surface area contributed by atoms with Gasteiger partial charge in [-0.05, 0) is 34.1 Å². The molecule has 1 aromatic carbocycles. The number of alkyl halides is 3. The lowest BCUT2D eigenvalue weighted by Crippen LogP contribution is -2.03. The number of benzene rings is 1. The fraction of sp³-hybridized carbons (Fsp3) is 0.125. The van der Waals surface area contributed by atoms with Gasteiger partial charge in [0.1, 0.15) is 5.52 Å². The molecule has 0 aliphatic rings. The Morgan fingerprint density at radius 3 is 2.64 bits per heavy atom. The summed E-state index contributed by atoms with van der Waals surface area (Å²) >= 11 is 3.03. The molecule has 1 heterocycles. The smallest absolute Gasteiger partial charge is 0.348 e. The van der Waals surface area contributed by atoms with Gasteiger partial charge in [0.15, 0.2) is 0 Å². The standard InChI is InChI=1S/C8H3BrF3NO/c9-7-5-2-1-4(8(10,11)12)3-6(5)13-14-7/h1-3H. The number of hydrogen-bond acceptors (Lipinski definition) is 2. The van der Waals surface area contributed by atoms with Gasteiger partial charge in [-0.25, -0.2) is 0 Å². The summed E-state index contributed by atoms with van der Waals surface area (Å²) < 4.78 is 41.8. The van der Waals surface area contributed by atoms with Crippen LogP contribution in [-0.2, 0) is 6.18 Å². The fourth-order valence-corrected chi connectivity index (χ4v) is 1.50. The summed E-state index contributed by atoms with van der Waals surface area (Å²) in [6.07, 6.45) is -4.35. The van der Waals surface area contributed by atoms with Gasteiger partial charge in [0.2, 0.25) is 4.67 Å². The molecular weight excluding hydrogens is 263 g/mol. The van der Waals surface area contributed by atoms with Gasteiger partial charge in [-0.15, -0.1) is 0 Å². The predicted octanol–water partition coefficient (Wildman–Crippen LogP) is 3.61. The first-order chi connectivity index (χ1) is 6.48. The number of halogens is 4. The van der Waals surface area contributed by atoms with Crippen molar-refractivity contribution in [1.29, 1.82) is 0 Å². The van der Waals surface area contributed by atoms with Gasteiger partial charge in [-0.3, -0.25) is 0 Å². The lowest BCUT2D eigenvalue weighted by atomic mass is 10.1. The van der Waals surface area contributed by atoms with E-state index in [9.17, 15) is 13.2 Å². The summed E-state index contributed by atoms with van der Waals surface area (Å²) in [5, 5.41) is 4.00. The highest BCUT2D eigenvalue weighted by Gasteiger charge is 2.30. The minimum atomic E-state index is -4.35. The Balaban J connectivity index is 2.63.